The summed E-state index contributed by atoms with van der Waals surface area (Å²) in [6.45, 7) is 1.50. The van der Waals surface area contributed by atoms with Crippen molar-refractivity contribution in [3.63, 3.8) is 0 Å². The van der Waals surface area contributed by atoms with Crippen LogP contribution in [0.3, 0.4) is 0 Å². The van der Waals surface area contributed by atoms with Gasteiger partial charge in [0.2, 0.25) is 5.91 Å². The summed E-state index contributed by atoms with van der Waals surface area (Å²) in [5.41, 5.74) is -0.439. The number of thioether (sulfide) groups is 1. The maximum absolute atomic E-state index is 12.9. The van der Waals surface area contributed by atoms with Gasteiger partial charge in [0, 0.05) is 19.3 Å². The maximum Gasteiger partial charge on any atom is 0.417 e. The van der Waals surface area contributed by atoms with Gasteiger partial charge in [-0.1, -0.05) is 31.0 Å². The van der Waals surface area contributed by atoms with E-state index in [2.05, 4.69) is 10.2 Å². The van der Waals surface area contributed by atoms with Crippen LogP contribution in [0.25, 0.3) is 5.65 Å². The average Bonchev–Trinajstić information content (AvgIpc) is 2.94. The topological polar surface area (TPSA) is 50.5 Å². The number of alkyl halides is 3. The molecule has 0 bridgehead atoms. The van der Waals surface area contributed by atoms with Gasteiger partial charge in [0.15, 0.2) is 10.8 Å². The van der Waals surface area contributed by atoms with Crippen molar-refractivity contribution >= 4 is 23.3 Å². The van der Waals surface area contributed by atoms with Crippen molar-refractivity contribution in [3.05, 3.63) is 23.9 Å². The van der Waals surface area contributed by atoms with E-state index in [-0.39, 0.29) is 11.7 Å². The van der Waals surface area contributed by atoms with Gasteiger partial charge >= 0.3 is 6.18 Å². The van der Waals surface area contributed by atoms with Gasteiger partial charge in [0.25, 0.3) is 0 Å². The Morgan fingerprint density at radius 1 is 1.08 bits per heavy atom. The van der Waals surface area contributed by atoms with Crippen LogP contribution < -0.4 is 0 Å². The molecule has 0 N–H and O–H groups in total. The number of hydrogen-bond donors (Lipinski definition) is 0. The molecule has 9 heteroatoms. The first-order chi connectivity index (χ1) is 11.9. The Hall–Kier alpha value is -1.77. The largest absolute Gasteiger partial charge is 0.417 e. The van der Waals surface area contributed by atoms with Gasteiger partial charge in [-0.15, -0.1) is 10.2 Å². The molecule has 0 saturated carbocycles. The smallest absolute Gasteiger partial charge is 0.342 e. The third-order valence-electron chi connectivity index (χ3n) is 4.23. The van der Waals surface area contributed by atoms with Crippen LogP contribution in [-0.2, 0) is 11.0 Å². The van der Waals surface area contributed by atoms with E-state index in [1.54, 1.807) is 0 Å². The number of amides is 1. The van der Waals surface area contributed by atoms with Crippen molar-refractivity contribution in [2.45, 2.75) is 43.4 Å². The first-order valence-electron chi connectivity index (χ1n) is 8.28. The quantitative estimate of drug-likeness (QED) is 0.772. The zero-order chi connectivity index (χ0) is 17.9. The van der Waals surface area contributed by atoms with Gasteiger partial charge in [-0.25, -0.2) is 0 Å². The standard InChI is InChI=1S/C16H19F3N4OS/c17-16(18,19)12-6-7-13-20-21-15(23(13)10-12)25-11-14(24)22-8-4-2-1-3-5-9-22/h6-7,10H,1-5,8-9,11H2. The summed E-state index contributed by atoms with van der Waals surface area (Å²) in [7, 11) is 0. The van der Waals surface area contributed by atoms with E-state index in [9.17, 15) is 18.0 Å². The van der Waals surface area contributed by atoms with E-state index in [0.717, 1.165) is 62.8 Å². The summed E-state index contributed by atoms with van der Waals surface area (Å²) in [5, 5.41) is 8.06. The van der Waals surface area contributed by atoms with Crippen LogP contribution in [0.5, 0.6) is 0 Å². The van der Waals surface area contributed by atoms with Crippen molar-refractivity contribution in [1.29, 1.82) is 0 Å². The summed E-state index contributed by atoms with van der Waals surface area (Å²) in [5.74, 6) is 0.146. The Labute approximate surface area is 147 Å². The van der Waals surface area contributed by atoms with Crippen LogP contribution in [-0.4, -0.2) is 44.2 Å². The minimum atomic E-state index is -4.43. The molecule has 3 rings (SSSR count). The van der Waals surface area contributed by atoms with Gasteiger partial charge in [-0.2, -0.15) is 13.2 Å². The van der Waals surface area contributed by atoms with Crippen LogP contribution >= 0.6 is 11.8 Å². The lowest BCUT2D eigenvalue weighted by molar-refractivity contribution is -0.138. The normalized spacial score (nSPS) is 16.7. The number of nitrogens with zero attached hydrogens (tertiary/aromatic N) is 4. The van der Waals surface area contributed by atoms with E-state index >= 15 is 0 Å². The molecule has 1 aliphatic rings. The minimum Gasteiger partial charge on any atom is -0.342 e. The molecule has 0 aromatic carbocycles. The first kappa shape index (κ1) is 18.0. The fraction of sp³-hybridized carbons (Fsp3) is 0.562. The molecule has 0 radical (unpaired) electrons. The molecular weight excluding hydrogens is 353 g/mol. The number of carbonyl (C=O) groups is 1. The van der Waals surface area contributed by atoms with Crippen LogP contribution in [0.15, 0.2) is 23.5 Å². The molecule has 1 saturated heterocycles. The third-order valence-corrected chi connectivity index (χ3v) is 5.16. The van der Waals surface area contributed by atoms with Crippen molar-refractivity contribution in [1.82, 2.24) is 19.5 Å². The number of hydrogen-bond acceptors (Lipinski definition) is 4. The van der Waals surface area contributed by atoms with Crippen LogP contribution in [0.4, 0.5) is 13.2 Å². The summed E-state index contributed by atoms with van der Waals surface area (Å²) in [4.78, 5) is 14.2. The highest BCUT2D eigenvalue weighted by atomic mass is 32.2. The zero-order valence-corrected chi connectivity index (χ0v) is 14.4. The second-order valence-corrected chi connectivity index (χ2v) is 7.01. The maximum atomic E-state index is 12.9. The van der Waals surface area contributed by atoms with Crippen LogP contribution in [0.1, 0.15) is 37.7 Å². The van der Waals surface area contributed by atoms with E-state index in [0.29, 0.717) is 10.8 Å². The van der Waals surface area contributed by atoms with Gasteiger partial charge in [0.1, 0.15) is 0 Å². The fourth-order valence-corrected chi connectivity index (χ4v) is 3.67. The number of rotatable bonds is 3. The third kappa shape index (κ3) is 4.45. The van der Waals surface area contributed by atoms with Crippen molar-refractivity contribution in [2.24, 2.45) is 0 Å². The van der Waals surface area contributed by atoms with Gasteiger partial charge < -0.3 is 4.90 Å². The molecule has 0 aliphatic carbocycles. The molecule has 1 amide bonds. The van der Waals surface area contributed by atoms with Crippen LogP contribution in [0.2, 0.25) is 0 Å². The summed E-state index contributed by atoms with van der Waals surface area (Å²) in [6, 6.07) is 2.25. The average molecular weight is 372 g/mol. The molecule has 1 fully saturated rings. The number of likely N-dealkylation sites (tertiary alicyclic amines) is 1. The van der Waals surface area contributed by atoms with Gasteiger partial charge in [0.05, 0.1) is 11.3 Å². The molecule has 25 heavy (non-hydrogen) atoms. The number of halogens is 3. The summed E-state index contributed by atoms with van der Waals surface area (Å²) >= 11 is 1.12. The Morgan fingerprint density at radius 3 is 2.44 bits per heavy atom. The zero-order valence-electron chi connectivity index (χ0n) is 13.6. The Balaban J connectivity index is 1.69. The van der Waals surface area contributed by atoms with E-state index in [1.165, 1.54) is 16.9 Å². The summed E-state index contributed by atoms with van der Waals surface area (Å²) in [6.07, 6.45) is 2.01. The molecule has 5 nitrogen and oxygen atoms in total. The lowest BCUT2D eigenvalue weighted by Gasteiger charge is -2.24. The van der Waals surface area contributed by atoms with Crippen molar-refractivity contribution < 1.29 is 18.0 Å². The number of carbonyl (C=O) groups excluding carboxylic acids is 1. The predicted octanol–water partition coefficient (Wildman–Crippen LogP) is 3.63. The molecule has 3 heterocycles. The highest BCUT2D eigenvalue weighted by Gasteiger charge is 2.31. The molecule has 2 aromatic heterocycles. The highest BCUT2D eigenvalue weighted by molar-refractivity contribution is 7.99. The Bertz CT molecular complexity index is 739. The molecule has 0 unspecified atom stereocenters. The molecule has 1 aliphatic heterocycles. The molecule has 0 atom stereocenters. The second kappa shape index (κ2) is 7.63. The van der Waals surface area contributed by atoms with Gasteiger partial charge in [-0.05, 0) is 25.0 Å². The Morgan fingerprint density at radius 2 is 1.76 bits per heavy atom. The molecule has 2 aromatic rings. The SMILES string of the molecule is O=C(CSc1nnc2ccc(C(F)(F)F)cn12)N1CCCCCCC1. The lowest BCUT2D eigenvalue weighted by Crippen LogP contribution is -2.35. The lowest BCUT2D eigenvalue weighted by atomic mass is 10.1. The number of pyridine rings is 1. The Kier molecular flexibility index (Phi) is 5.51. The molecule has 136 valence electrons. The monoisotopic (exact) mass is 372 g/mol. The number of aromatic nitrogens is 3. The van der Waals surface area contributed by atoms with Crippen molar-refractivity contribution in [2.75, 3.05) is 18.8 Å². The van der Waals surface area contributed by atoms with E-state index in [1.807, 2.05) is 4.90 Å². The van der Waals surface area contributed by atoms with Crippen molar-refractivity contribution in [3.8, 4) is 0 Å². The van der Waals surface area contributed by atoms with E-state index in [4.69, 9.17) is 0 Å². The summed E-state index contributed by atoms with van der Waals surface area (Å²) < 4.78 is 39.9. The molecular formula is C16H19F3N4OS. The number of fused-ring (bicyclic) bond motifs is 1. The van der Waals surface area contributed by atoms with Gasteiger partial charge in [-0.3, -0.25) is 9.20 Å². The minimum absolute atomic E-state index is 0.00405. The first-order valence-corrected chi connectivity index (χ1v) is 9.26. The molecule has 0 spiro atoms. The van der Waals surface area contributed by atoms with Crippen LogP contribution in [0, 0.1) is 0 Å². The van der Waals surface area contributed by atoms with E-state index < -0.39 is 11.7 Å². The second-order valence-electron chi connectivity index (χ2n) is 6.06. The fourth-order valence-electron chi connectivity index (χ4n) is 2.85. The highest BCUT2D eigenvalue weighted by Crippen LogP contribution is 2.30. The predicted molar refractivity (Wildman–Crippen MR) is 88.4 cm³/mol.